The molecule has 0 unspecified atom stereocenters. The van der Waals surface area contributed by atoms with E-state index in [2.05, 4.69) is 36.2 Å². The molecule has 4 nitrogen and oxygen atoms in total. The zero-order valence-electron chi connectivity index (χ0n) is 18.7. The molecule has 1 heterocycles. The molecule has 0 radical (unpaired) electrons. The smallest absolute Gasteiger partial charge is 0.251 e. The third-order valence-corrected chi connectivity index (χ3v) is 5.85. The Hall–Kier alpha value is -2.33. The van der Waals surface area contributed by atoms with Gasteiger partial charge in [-0.3, -0.25) is 9.69 Å². The van der Waals surface area contributed by atoms with Crippen LogP contribution in [0.5, 0.6) is 5.75 Å². The van der Waals surface area contributed by atoms with Gasteiger partial charge in [0.25, 0.3) is 5.91 Å². The lowest BCUT2D eigenvalue weighted by Gasteiger charge is -2.22. The van der Waals surface area contributed by atoms with Crippen molar-refractivity contribution in [2.75, 3.05) is 20.2 Å². The molecule has 0 aromatic heterocycles. The first kappa shape index (κ1) is 22.4. The second kappa shape index (κ2) is 11.2. The Morgan fingerprint density at radius 3 is 2.17 bits per heavy atom. The van der Waals surface area contributed by atoms with Gasteiger partial charge in [0.1, 0.15) is 5.75 Å². The molecule has 162 valence electrons. The van der Waals surface area contributed by atoms with E-state index in [1.165, 1.54) is 44.3 Å². The summed E-state index contributed by atoms with van der Waals surface area (Å²) < 4.78 is 5.26. The van der Waals surface area contributed by atoms with E-state index in [4.69, 9.17) is 4.74 Å². The summed E-state index contributed by atoms with van der Waals surface area (Å²) in [6.07, 6.45) is 6.18. The third-order valence-electron chi connectivity index (χ3n) is 5.85. The number of benzene rings is 2. The number of carbonyl (C=O) groups excluding carboxylic acids is 1. The van der Waals surface area contributed by atoms with Gasteiger partial charge < -0.3 is 10.1 Å². The van der Waals surface area contributed by atoms with Crippen LogP contribution in [0.1, 0.15) is 73.5 Å². The van der Waals surface area contributed by atoms with Gasteiger partial charge >= 0.3 is 0 Å². The summed E-state index contributed by atoms with van der Waals surface area (Å²) in [5.41, 5.74) is 3.11. The van der Waals surface area contributed by atoms with E-state index in [9.17, 15) is 4.79 Å². The predicted octanol–water partition coefficient (Wildman–Crippen LogP) is 5.59. The zero-order chi connectivity index (χ0) is 21.3. The topological polar surface area (TPSA) is 41.6 Å². The van der Waals surface area contributed by atoms with Crippen LogP contribution in [0.2, 0.25) is 0 Å². The van der Waals surface area contributed by atoms with Gasteiger partial charge in [0.2, 0.25) is 0 Å². The van der Waals surface area contributed by atoms with Crippen LogP contribution in [0.3, 0.4) is 0 Å². The summed E-state index contributed by atoms with van der Waals surface area (Å²) in [7, 11) is 1.67. The molecule has 30 heavy (non-hydrogen) atoms. The molecule has 0 spiro atoms. The van der Waals surface area contributed by atoms with E-state index in [1.807, 2.05) is 36.4 Å². The summed E-state index contributed by atoms with van der Waals surface area (Å²) in [4.78, 5) is 15.5. The maximum atomic E-state index is 12.9. The van der Waals surface area contributed by atoms with Crippen molar-refractivity contribution in [2.45, 2.75) is 58.5 Å². The summed E-state index contributed by atoms with van der Waals surface area (Å²) in [6.45, 7) is 7.70. The predicted molar refractivity (Wildman–Crippen MR) is 123 cm³/mol. The number of methoxy groups -OCH3 is 1. The molecule has 0 saturated carbocycles. The Morgan fingerprint density at radius 2 is 1.60 bits per heavy atom. The number of likely N-dealkylation sites (tertiary alicyclic amines) is 1. The van der Waals surface area contributed by atoms with Gasteiger partial charge in [-0.05, 0) is 73.7 Å². The van der Waals surface area contributed by atoms with Crippen LogP contribution in [-0.4, -0.2) is 31.0 Å². The molecule has 4 heteroatoms. The summed E-state index contributed by atoms with van der Waals surface area (Å²) in [5.74, 6) is 1.29. The van der Waals surface area contributed by atoms with Crippen LogP contribution in [-0.2, 0) is 6.54 Å². The van der Waals surface area contributed by atoms with E-state index < -0.39 is 0 Å². The molecule has 1 fully saturated rings. The van der Waals surface area contributed by atoms with Gasteiger partial charge in [-0.15, -0.1) is 0 Å². The van der Waals surface area contributed by atoms with Gasteiger partial charge in [-0.25, -0.2) is 0 Å². The highest BCUT2D eigenvalue weighted by Gasteiger charge is 2.18. The lowest BCUT2D eigenvalue weighted by atomic mass is 9.96. The fourth-order valence-electron chi connectivity index (χ4n) is 4.14. The van der Waals surface area contributed by atoms with Crippen molar-refractivity contribution in [3.8, 4) is 5.75 Å². The fourth-order valence-corrected chi connectivity index (χ4v) is 4.14. The number of hydrogen-bond donors (Lipinski definition) is 1. The van der Waals surface area contributed by atoms with Gasteiger partial charge in [0, 0.05) is 12.1 Å². The molecule has 1 saturated heterocycles. The highest BCUT2D eigenvalue weighted by Crippen LogP contribution is 2.24. The second-order valence-electron chi connectivity index (χ2n) is 8.82. The summed E-state index contributed by atoms with van der Waals surface area (Å²) in [6, 6.07) is 16.1. The maximum Gasteiger partial charge on any atom is 0.251 e. The molecule has 1 aliphatic rings. The standard InChI is InChI=1S/C26H36N2O2/c1-20(2)18-25(22-12-14-24(30-3)15-13-22)27-26(29)23-10-8-21(9-11-23)19-28-16-6-4-5-7-17-28/h8-15,20,25H,4-7,16-19H2,1-3H3,(H,27,29)/t25-/m1/s1. The number of rotatable bonds is 8. The van der Waals surface area contributed by atoms with Crippen molar-refractivity contribution in [3.63, 3.8) is 0 Å². The Morgan fingerprint density at radius 1 is 0.967 bits per heavy atom. The van der Waals surface area contributed by atoms with E-state index in [-0.39, 0.29) is 11.9 Å². The average molecular weight is 409 g/mol. The van der Waals surface area contributed by atoms with Crippen molar-refractivity contribution in [3.05, 3.63) is 65.2 Å². The Balaban J connectivity index is 1.64. The van der Waals surface area contributed by atoms with Gasteiger partial charge in [-0.1, -0.05) is 51.0 Å². The SMILES string of the molecule is COc1ccc([C@@H](CC(C)C)NC(=O)c2ccc(CN3CCCCCC3)cc2)cc1. The van der Waals surface area contributed by atoms with Crippen LogP contribution in [0.25, 0.3) is 0 Å². The maximum absolute atomic E-state index is 12.9. The van der Waals surface area contributed by atoms with E-state index in [0.29, 0.717) is 5.92 Å². The minimum Gasteiger partial charge on any atom is -0.497 e. The van der Waals surface area contributed by atoms with Gasteiger partial charge in [0.05, 0.1) is 13.2 Å². The van der Waals surface area contributed by atoms with Crippen molar-refractivity contribution < 1.29 is 9.53 Å². The molecule has 2 aromatic rings. The minimum atomic E-state index is -0.0159. The molecule has 1 amide bonds. The first-order valence-corrected chi connectivity index (χ1v) is 11.3. The number of carbonyl (C=O) groups is 1. The zero-order valence-corrected chi connectivity index (χ0v) is 18.7. The van der Waals surface area contributed by atoms with Crippen LogP contribution < -0.4 is 10.1 Å². The third kappa shape index (κ3) is 6.60. The summed E-state index contributed by atoms with van der Waals surface area (Å²) >= 11 is 0. The molecule has 1 atom stereocenters. The first-order valence-electron chi connectivity index (χ1n) is 11.3. The van der Waals surface area contributed by atoms with Crippen LogP contribution >= 0.6 is 0 Å². The monoisotopic (exact) mass is 408 g/mol. The number of nitrogens with zero attached hydrogens (tertiary/aromatic N) is 1. The first-order chi connectivity index (χ1) is 14.5. The molecular weight excluding hydrogens is 372 g/mol. The lowest BCUT2D eigenvalue weighted by molar-refractivity contribution is 0.0932. The molecule has 2 aromatic carbocycles. The van der Waals surface area contributed by atoms with Gasteiger partial charge in [-0.2, -0.15) is 0 Å². The Labute approximate surface area is 181 Å². The second-order valence-corrected chi connectivity index (χ2v) is 8.82. The molecular formula is C26H36N2O2. The van der Waals surface area contributed by atoms with Crippen molar-refractivity contribution in [1.82, 2.24) is 10.2 Å². The fraction of sp³-hybridized carbons (Fsp3) is 0.500. The molecule has 1 N–H and O–H groups in total. The van der Waals surface area contributed by atoms with Crippen molar-refractivity contribution in [1.29, 1.82) is 0 Å². The van der Waals surface area contributed by atoms with E-state index >= 15 is 0 Å². The number of nitrogens with one attached hydrogen (secondary N) is 1. The van der Waals surface area contributed by atoms with Crippen molar-refractivity contribution in [2.24, 2.45) is 5.92 Å². The largest absolute Gasteiger partial charge is 0.497 e. The quantitative estimate of drug-likeness (QED) is 0.619. The molecule has 0 aliphatic carbocycles. The van der Waals surface area contributed by atoms with Crippen LogP contribution in [0, 0.1) is 5.92 Å². The van der Waals surface area contributed by atoms with Crippen molar-refractivity contribution >= 4 is 5.91 Å². The van der Waals surface area contributed by atoms with E-state index in [0.717, 1.165) is 29.8 Å². The highest BCUT2D eigenvalue weighted by atomic mass is 16.5. The number of ether oxygens (including phenoxy) is 1. The Kier molecular flexibility index (Phi) is 8.32. The number of hydrogen-bond acceptors (Lipinski definition) is 3. The minimum absolute atomic E-state index is 0.0137. The normalized spacial score (nSPS) is 16.1. The molecule has 1 aliphatic heterocycles. The lowest BCUT2D eigenvalue weighted by Crippen LogP contribution is -2.29. The highest BCUT2D eigenvalue weighted by molar-refractivity contribution is 5.94. The van der Waals surface area contributed by atoms with Crippen LogP contribution in [0.4, 0.5) is 0 Å². The average Bonchev–Trinajstić information content (AvgIpc) is 3.02. The molecule has 0 bridgehead atoms. The summed E-state index contributed by atoms with van der Waals surface area (Å²) in [5, 5.41) is 3.24. The van der Waals surface area contributed by atoms with Gasteiger partial charge in [0.15, 0.2) is 0 Å². The Bertz CT molecular complexity index is 776. The molecule has 3 rings (SSSR count). The van der Waals surface area contributed by atoms with E-state index in [1.54, 1.807) is 7.11 Å². The van der Waals surface area contributed by atoms with Crippen LogP contribution in [0.15, 0.2) is 48.5 Å². The number of amides is 1.